The number of hydrogen-bond donors (Lipinski definition) is 2. The fraction of sp³-hybridized carbons (Fsp3) is 0.353. The van der Waals surface area contributed by atoms with Gasteiger partial charge in [0.1, 0.15) is 5.75 Å². The first-order valence-electron chi connectivity index (χ1n) is 7.75. The lowest BCUT2D eigenvalue weighted by Gasteiger charge is -2.08. The molecule has 128 valence electrons. The first-order valence-corrected chi connectivity index (χ1v) is 7.75. The maximum atomic E-state index is 11.9. The van der Waals surface area contributed by atoms with Crippen LogP contribution in [0.2, 0.25) is 0 Å². The number of benzene rings is 1. The Balaban J connectivity index is 1.72. The van der Waals surface area contributed by atoms with Crippen LogP contribution in [0.4, 0.5) is 5.69 Å². The molecule has 2 N–H and O–H groups in total. The van der Waals surface area contributed by atoms with Crippen LogP contribution in [-0.4, -0.2) is 33.4 Å². The first-order chi connectivity index (χ1) is 11.5. The standard InChI is InChI=1S/C17H21N3O4/c1-20-12-13(11-18-20)4-9-16(21)19-14-5-7-15(8-6-14)24-10-2-3-17(22)23/h5-8,11-12H,2-4,9-10H2,1H3,(H,19,21)(H,22,23). The number of aliphatic carboxylic acids is 1. The van der Waals surface area contributed by atoms with Crippen LogP contribution >= 0.6 is 0 Å². The van der Waals surface area contributed by atoms with E-state index in [2.05, 4.69) is 10.4 Å². The highest BCUT2D eigenvalue weighted by molar-refractivity contribution is 5.90. The molecule has 0 saturated carbocycles. The minimum Gasteiger partial charge on any atom is -0.494 e. The highest BCUT2D eigenvalue weighted by Crippen LogP contribution is 2.16. The third-order valence-electron chi connectivity index (χ3n) is 3.34. The third kappa shape index (κ3) is 6.12. The molecule has 7 heteroatoms. The third-order valence-corrected chi connectivity index (χ3v) is 3.34. The van der Waals surface area contributed by atoms with Crippen molar-refractivity contribution in [3.05, 3.63) is 42.2 Å². The van der Waals surface area contributed by atoms with Crippen LogP contribution in [-0.2, 0) is 23.1 Å². The maximum Gasteiger partial charge on any atom is 0.303 e. The quantitative estimate of drug-likeness (QED) is 0.687. The van der Waals surface area contributed by atoms with E-state index in [1.54, 1.807) is 35.1 Å². The summed E-state index contributed by atoms with van der Waals surface area (Å²) in [5.41, 5.74) is 1.72. The van der Waals surface area contributed by atoms with E-state index in [-0.39, 0.29) is 12.3 Å². The number of carboxylic acids is 1. The molecule has 0 bridgehead atoms. The zero-order valence-corrected chi connectivity index (χ0v) is 13.6. The Kier molecular flexibility index (Phi) is 6.36. The van der Waals surface area contributed by atoms with Gasteiger partial charge in [0.25, 0.3) is 0 Å². The van der Waals surface area contributed by atoms with Crippen molar-refractivity contribution in [2.24, 2.45) is 7.05 Å². The van der Waals surface area contributed by atoms with Gasteiger partial charge in [0.2, 0.25) is 5.91 Å². The van der Waals surface area contributed by atoms with Crippen LogP contribution < -0.4 is 10.1 Å². The summed E-state index contributed by atoms with van der Waals surface area (Å²) in [5.74, 6) is -0.245. The summed E-state index contributed by atoms with van der Waals surface area (Å²) in [5, 5.41) is 15.4. The average molecular weight is 331 g/mol. The normalized spacial score (nSPS) is 10.4. The molecule has 0 saturated heterocycles. The number of aryl methyl sites for hydroxylation is 2. The Morgan fingerprint density at radius 2 is 2.00 bits per heavy atom. The predicted molar refractivity (Wildman–Crippen MR) is 89.0 cm³/mol. The van der Waals surface area contributed by atoms with Gasteiger partial charge in [0.15, 0.2) is 0 Å². The van der Waals surface area contributed by atoms with Gasteiger partial charge in [-0.3, -0.25) is 14.3 Å². The molecular weight excluding hydrogens is 310 g/mol. The molecule has 7 nitrogen and oxygen atoms in total. The maximum absolute atomic E-state index is 11.9. The van der Waals surface area contributed by atoms with E-state index >= 15 is 0 Å². The van der Waals surface area contributed by atoms with E-state index < -0.39 is 5.97 Å². The van der Waals surface area contributed by atoms with Gasteiger partial charge in [-0.1, -0.05) is 0 Å². The molecule has 0 fully saturated rings. The molecule has 0 atom stereocenters. The molecular formula is C17H21N3O4. The molecule has 0 aliphatic carbocycles. The number of nitrogens with zero attached hydrogens (tertiary/aromatic N) is 2. The summed E-state index contributed by atoms with van der Waals surface area (Å²) in [4.78, 5) is 22.3. The van der Waals surface area contributed by atoms with Crippen molar-refractivity contribution in [3.63, 3.8) is 0 Å². The first kappa shape index (κ1) is 17.5. The summed E-state index contributed by atoms with van der Waals surface area (Å²) < 4.78 is 7.15. The van der Waals surface area contributed by atoms with E-state index in [0.717, 1.165) is 5.56 Å². The molecule has 24 heavy (non-hydrogen) atoms. The van der Waals surface area contributed by atoms with E-state index in [1.165, 1.54) is 0 Å². The number of carbonyl (C=O) groups excluding carboxylic acids is 1. The summed E-state index contributed by atoms with van der Waals surface area (Å²) in [7, 11) is 1.84. The van der Waals surface area contributed by atoms with E-state index in [1.807, 2.05) is 13.2 Å². The summed E-state index contributed by atoms with van der Waals surface area (Å²) in [6.45, 7) is 0.350. The molecule has 0 radical (unpaired) electrons. The molecule has 1 heterocycles. The summed E-state index contributed by atoms with van der Waals surface area (Å²) >= 11 is 0. The van der Waals surface area contributed by atoms with Crippen LogP contribution in [0.3, 0.4) is 0 Å². The van der Waals surface area contributed by atoms with Crippen LogP contribution in [0.15, 0.2) is 36.7 Å². The van der Waals surface area contributed by atoms with Crippen molar-refractivity contribution in [2.75, 3.05) is 11.9 Å². The number of rotatable bonds is 9. The van der Waals surface area contributed by atoms with Crippen molar-refractivity contribution in [1.82, 2.24) is 9.78 Å². The second kappa shape index (κ2) is 8.71. The Hall–Kier alpha value is -2.83. The molecule has 2 rings (SSSR count). The SMILES string of the molecule is Cn1cc(CCC(=O)Nc2ccc(OCCCC(=O)O)cc2)cn1. The van der Waals surface area contributed by atoms with Crippen molar-refractivity contribution in [2.45, 2.75) is 25.7 Å². The number of ether oxygens (including phenoxy) is 1. The van der Waals surface area contributed by atoms with Gasteiger partial charge in [0.05, 0.1) is 12.8 Å². The highest BCUT2D eigenvalue weighted by Gasteiger charge is 2.05. The lowest BCUT2D eigenvalue weighted by molar-refractivity contribution is -0.137. The van der Waals surface area contributed by atoms with Crippen molar-refractivity contribution >= 4 is 17.6 Å². The van der Waals surface area contributed by atoms with Gasteiger partial charge in [-0.15, -0.1) is 0 Å². The Morgan fingerprint density at radius 3 is 2.62 bits per heavy atom. The second-order valence-electron chi connectivity index (χ2n) is 5.44. The van der Waals surface area contributed by atoms with Crippen LogP contribution in [0.5, 0.6) is 5.75 Å². The zero-order valence-electron chi connectivity index (χ0n) is 13.6. The molecule has 1 aromatic heterocycles. The van der Waals surface area contributed by atoms with E-state index in [9.17, 15) is 9.59 Å². The lowest BCUT2D eigenvalue weighted by Crippen LogP contribution is -2.12. The predicted octanol–water partition coefficient (Wildman–Crippen LogP) is 2.24. The minimum absolute atomic E-state index is 0.0611. The number of hydrogen-bond acceptors (Lipinski definition) is 4. The lowest BCUT2D eigenvalue weighted by atomic mass is 10.2. The van der Waals surface area contributed by atoms with Gasteiger partial charge in [-0.05, 0) is 42.7 Å². The van der Waals surface area contributed by atoms with Gasteiger partial charge >= 0.3 is 5.97 Å². The number of carbonyl (C=O) groups is 2. The monoisotopic (exact) mass is 331 g/mol. The molecule has 1 amide bonds. The van der Waals surface area contributed by atoms with Gasteiger partial charge < -0.3 is 15.2 Å². The fourth-order valence-corrected chi connectivity index (χ4v) is 2.13. The summed E-state index contributed by atoms with van der Waals surface area (Å²) in [6.07, 6.45) is 5.23. The number of anilines is 1. The second-order valence-corrected chi connectivity index (χ2v) is 5.44. The number of amides is 1. The molecule has 0 unspecified atom stereocenters. The number of carboxylic acid groups (broad SMARTS) is 1. The van der Waals surface area contributed by atoms with Gasteiger partial charge in [-0.2, -0.15) is 5.10 Å². The van der Waals surface area contributed by atoms with Gasteiger partial charge in [-0.25, -0.2) is 0 Å². The van der Waals surface area contributed by atoms with Crippen molar-refractivity contribution in [1.29, 1.82) is 0 Å². The smallest absolute Gasteiger partial charge is 0.303 e. The molecule has 2 aromatic rings. The number of aromatic nitrogens is 2. The Labute approximate surface area is 140 Å². The highest BCUT2D eigenvalue weighted by atomic mass is 16.5. The Bertz CT molecular complexity index is 679. The van der Waals surface area contributed by atoms with Crippen molar-refractivity contribution < 1.29 is 19.4 Å². The Morgan fingerprint density at radius 1 is 1.25 bits per heavy atom. The molecule has 0 aliphatic rings. The minimum atomic E-state index is -0.831. The topological polar surface area (TPSA) is 93.5 Å². The van der Waals surface area contributed by atoms with Crippen LogP contribution in [0.25, 0.3) is 0 Å². The van der Waals surface area contributed by atoms with E-state index in [4.69, 9.17) is 9.84 Å². The van der Waals surface area contributed by atoms with Crippen LogP contribution in [0, 0.1) is 0 Å². The summed E-state index contributed by atoms with van der Waals surface area (Å²) in [6, 6.07) is 7.01. The molecule has 0 aliphatic heterocycles. The zero-order chi connectivity index (χ0) is 17.4. The fourth-order valence-electron chi connectivity index (χ4n) is 2.13. The van der Waals surface area contributed by atoms with E-state index in [0.29, 0.717) is 37.3 Å². The molecule has 0 spiro atoms. The molecule has 1 aromatic carbocycles. The number of nitrogens with one attached hydrogen (secondary N) is 1. The largest absolute Gasteiger partial charge is 0.494 e. The van der Waals surface area contributed by atoms with Crippen molar-refractivity contribution in [3.8, 4) is 5.75 Å². The van der Waals surface area contributed by atoms with Gasteiger partial charge in [0, 0.05) is 31.8 Å². The van der Waals surface area contributed by atoms with Crippen LogP contribution in [0.1, 0.15) is 24.8 Å². The average Bonchev–Trinajstić information content (AvgIpc) is 2.96.